The number of piperazine rings is 1. The molecule has 0 saturated carbocycles. The van der Waals surface area contributed by atoms with Crippen LogP contribution in [0.25, 0.3) is 10.9 Å². The molecular formula is C22H22Cl2N4O4S. The van der Waals surface area contributed by atoms with Crippen LogP contribution < -0.4 is 4.74 Å². The number of hydrogen-bond acceptors (Lipinski definition) is 6. The molecule has 3 aromatic rings. The fourth-order valence-corrected chi connectivity index (χ4v) is 5.98. The number of benzene rings is 2. The maximum atomic E-state index is 13.0. The van der Waals surface area contributed by atoms with Crippen LogP contribution in [-0.2, 0) is 14.8 Å². The Kier molecular flexibility index (Phi) is 6.76. The van der Waals surface area contributed by atoms with Gasteiger partial charge in [0.1, 0.15) is 6.33 Å². The Hall–Kier alpha value is -2.46. The molecular weight excluding hydrogens is 487 g/mol. The van der Waals surface area contributed by atoms with Crippen LogP contribution in [0, 0.1) is 13.8 Å². The minimum atomic E-state index is -3.62. The highest BCUT2D eigenvalue weighted by atomic mass is 35.5. The van der Waals surface area contributed by atoms with Gasteiger partial charge in [-0.1, -0.05) is 40.9 Å². The fraction of sp³-hybridized carbons (Fsp3) is 0.318. The third-order valence-corrected chi connectivity index (χ3v) is 8.06. The number of halogens is 2. The summed E-state index contributed by atoms with van der Waals surface area (Å²) in [7, 11) is -3.62. The van der Waals surface area contributed by atoms with E-state index in [0.29, 0.717) is 31.4 Å². The van der Waals surface area contributed by atoms with Gasteiger partial charge in [0, 0.05) is 31.2 Å². The fourth-order valence-electron chi connectivity index (χ4n) is 3.81. The highest BCUT2D eigenvalue weighted by Gasteiger charge is 2.31. The summed E-state index contributed by atoms with van der Waals surface area (Å²) in [6.45, 7) is 4.42. The first-order chi connectivity index (χ1) is 15.7. The van der Waals surface area contributed by atoms with E-state index in [1.54, 1.807) is 36.1 Å². The molecule has 0 radical (unpaired) electrons. The molecule has 1 amide bonds. The molecule has 1 aliphatic rings. The molecule has 174 valence electrons. The van der Waals surface area contributed by atoms with Gasteiger partial charge in [-0.15, -0.1) is 0 Å². The third-order valence-electron chi connectivity index (χ3n) is 5.49. The summed E-state index contributed by atoms with van der Waals surface area (Å²) in [4.78, 5) is 22.8. The zero-order valence-electron chi connectivity index (χ0n) is 18.1. The Bertz CT molecular complexity index is 1330. The first-order valence-electron chi connectivity index (χ1n) is 10.2. The van der Waals surface area contributed by atoms with Crippen molar-refractivity contribution >= 4 is 50.0 Å². The number of hydrogen-bond donors (Lipinski definition) is 0. The van der Waals surface area contributed by atoms with Gasteiger partial charge in [0.05, 0.1) is 20.8 Å². The molecule has 8 nitrogen and oxygen atoms in total. The Morgan fingerprint density at radius 2 is 1.79 bits per heavy atom. The maximum absolute atomic E-state index is 13.0. The predicted molar refractivity (Wildman–Crippen MR) is 126 cm³/mol. The molecule has 0 atom stereocenters. The molecule has 1 fully saturated rings. The first kappa shape index (κ1) is 23.7. The average molecular weight is 509 g/mol. The molecule has 0 aliphatic carbocycles. The van der Waals surface area contributed by atoms with E-state index in [-0.39, 0.29) is 44.6 Å². The second-order valence-corrected chi connectivity index (χ2v) is 10.6. The number of ether oxygens (including phenoxy) is 1. The summed E-state index contributed by atoms with van der Waals surface area (Å²) in [5, 5.41) is 1.27. The van der Waals surface area contributed by atoms with Gasteiger partial charge in [0.15, 0.2) is 6.61 Å². The zero-order chi connectivity index (χ0) is 23.8. The minimum Gasteiger partial charge on any atom is -0.467 e. The van der Waals surface area contributed by atoms with Crippen molar-refractivity contribution in [2.75, 3.05) is 32.8 Å². The van der Waals surface area contributed by atoms with Crippen molar-refractivity contribution in [3.05, 3.63) is 57.8 Å². The smallest absolute Gasteiger partial charge is 0.260 e. The number of carbonyl (C=O) groups excluding carboxylic acids is 1. The third kappa shape index (κ3) is 4.91. The van der Waals surface area contributed by atoms with E-state index in [4.69, 9.17) is 27.9 Å². The molecule has 1 aromatic heterocycles. The summed E-state index contributed by atoms with van der Waals surface area (Å²) < 4.78 is 33.2. The highest BCUT2D eigenvalue weighted by molar-refractivity contribution is 7.89. The lowest BCUT2D eigenvalue weighted by molar-refractivity contribution is -0.134. The van der Waals surface area contributed by atoms with E-state index in [2.05, 4.69) is 9.97 Å². The van der Waals surface area contributed by atoms with Crippen molar-refractivity contribution in [1.29, 1.82) is 0 Å². The van der Waals surface area contributed by atoms with Crippen LogP contribution in [0.5, 0.6) is 5.88 Å². The Balaban J connectivity index is 1.40. The Morgan fingerprint density at radius 1 is 1.06 bits per heavy atom. The molecule has 0 spiro atoms. The van der Waals surface area contributed by atoms with Gasteiger partial charge < -0.3 is 9.64 Å². The normalized spacial score (nSPS) is 15.1. The van der Waals surface area contributed by atoms with Crippen molar-refractivity contribution in [2.24, 2.45) is 0 Å². The largest absolute Gasteiger partial charge is 0.467 e. The van der Waals surface area contributed by atoms with Gasteiger partial charge in [0.25, 0.3) is 5.91 Å². The highest BCUT2D eigenvalue weighted by Crippen LogP contribution is 2.31. The molecule has 2 heterocycles. The number of amides is 1. The number of nitrogens with zero attached hydrogens (tertiary/aromatic N) is 4. The van der Waals surface area contributed by atoms with Crippen LogP contribution in [-0.4, -0.2) is 66.3 Å². The SMILES string of the molecule is Cc1ccc(S(=O)(=O)N2CCN(C(=O)COc3ncnc4c(Cl)cc(Cl)cc34)CC2)c(C)c1. The Labute approximate surface area is 202 Å². The molecule has 0 bridgehead atoms. The van der Waals surface area contributed by atoms with Crippen molar-refractivity contribution in [2.45, 2.75) is 18.7 Å². The molecule has 11 heteroatoms. The van der Waals surface area contributed by atoms with Crippen LogP contribution in [0.15, 0.2) is 41.6 Å². The first-order valence-corrected chi connectivity index (χ1v) is 12.4. The number of carbonyl (C=O) groups is 1. The van der Waals surface area contributed by atoms with Crippen LogP contribution in [0.2, 0.25) is 10.0 Å². The average Bonchev–Trinajstić information content (AvgIpc) is 2.77. The summed E-state index contributed by atoms with van der Waals surface area (Å²) in [5.74, 6) is -0.0627. The number of aryl methyl sites for hydroxylation is 2. The lowest BCUT2D eigenvalue weighted by atomic mass is 10.2. The van der Waals surface area contributed by atoms with Crippen LogP contribution >= 0.6 is 23.2 Å². The number of rotatable bonds is 5. The van der Waals surface area contributed by atoms with E-state index in [0.717, 1.165) is 5.56 Å². The molecule has 0 unspecified atom stereocenters. The van der Waals surface area contributed by atoms with Gasteiger partial charge in [-0.3, -0.25) is 4.79 Å². The topological polar surface area (TPSA) is 92.7 Å². The van der Waals surface area contributed by atoms with Crippen molar-refractivity contribution in [3.63, 3.8) is 0 Å². The van der Waals surface area contributed by atoms with Crippen LogP contribution in [0.4, 0.5) is 0 Å². The van der Waals surface area contributed by atoms with Gasteiger partial charge in [-0.05, 0) is 37.6 Å². The van der Waals surface area contributed by atoms with Gasteiger partial charge in [0.2, 0.25) is 15.9 Å². The number of fused-ring (bicyclic) bond motifs is 1. The minimum absolute atomic E-state index is 0.203. The van der Waals surface area contributed by atoms with Gasteiger partial charge in [-0.25, -0.2) is 18.4 Å². The molecule has 4 rings (SSSR count). The number of aromatic nitrogens is 2. The van der Waals surface area contributed by atoms with Crippen LogP contribution in [0.1, 0.15) is 11.1 Å². The summed E-state index contributed by atoms with van der Waals surface area (Å²) in [6.07, 6.45) is 1.30. The molecule has 33 heavy (non-hydrogen) atoms. The lowest BCUT2D eigenvalue weighted by Gasteiger charge is -2.34. The van der Waals surface area contributed by atoms with E-state index in [1.165, 1.54) is 10.6 Å². The molecule has 2 aromatic carbocycles. The standard InChI is InChI=1S/C22H22Cl2N4O4S/c1-14-3-4-19(15(2)9-14)33(30,31)28-7-5-27(6-8-28)20(29)12-32-22-17-10-16(23)11-18(24)21(17)25-13-26-22/h3-4,9-11,13H,5-8,12H2,1-2H3. The zero-order valence-corrected chi connectivity index (χ0v) is 20.4. The lowest BCUT2D eigenvalue weighted by Crippen LogP contribution is -2.51. The quantitative estimate of drug-likeness (QED) is 0.523. The van der Waals surface area contributed by atoms with Crippen molar-refractivity contribution in [3.8, 4) is 5.88 Å². The summed E-state index contributed by atoms with van der Waals surface area (Å²) >= 11 is 12.2. The predicted octanol–water partition coefficient (Wildman–Crippen LogP) is 3.47. The molecule has 1 aliphatic heterocycles. The summed E-state index contributed by atoms with van der Waals surface area (Å²) in [6, 6.07) is 8.46. The molecule has 1 saturated heterocycles. The second kappa shape index (κ2) is 9.42. The van der Waals surface area contributed by atoms with E-state index in [1.807, 2.05) is 13.0 Å². The summed E-state index contributed by atoms with van der Waals surface area (Å²) in [5.41, 5.74) is 2.19. The van der Waals surface area contributed by atoms with Crippen molar-refractivity contribution in [1.82, 2.24) is 19.2 Å². The number of sulfonamides is 1. The molecule has 0 N–H and O–H groups in total. The van der Waals surface area contributed by atoms with Crippen molar-refractivity contribution < 1.29 is 17.9 Å². The monoisotopic (exact) mass is 508 g/mol. The van der Waals surface area contributed by atoms with Gasteiger partial charge in [-0.2, -0.15) is 4.31 Å². The Morgan fingerprint density at radius 3 is 2.48 bits per heavy atom. The second-order valence-electron chi connectivity index (χ2n) is 7.81. The van der Waals surface area contributed by atoms with Crippen LogP contribution in [0.3, 0.4) is 0 Å². The van der Waals surface area contributed by atoms with E-state index < -0.39 is 10.0 Å². The van der Waals surface area contributed by atoms with Gasteiger partial charge >= 0.3 is 0 Å². The van der Waals surface area contributed by atoms with E-state index in [9.17, 15) is 13.2 Å². The van der Waals surface area contributed by atoms with E-state index >= 15 is 0 Å². The maximum Gasteiger partial charge on any atom is 0.260 e.